The smallest absolute Gasteiger partial charge is 0.253 e. The summed E-state index contributed by atoms with van der Waals surface area (Å²) in [6.45, 7) is 2.88. The summed E-state index contributed by atoms with van der Waals surface area (Å²) in [7, 11) is -3.54. The van der Waals surface area contributed by atoms with Gasteiger partial charge >= 0.3 is 0 Å². The van der Waals surface area contributed by atoms with Crippen molar-refractivity contribution in [3.05, 3.63) is 48.5 Å². The predicted molar refractivity (Wildman–Crippen MR) is 102 cm³/mol. The van der Waals surface area contributed by atoms with Crippen LogP contribution in [-0.4, -0.2) is 72.5 Å². The van der Waals surface area contributed by atoms with Crippen LogP contribution in [0.15, 0.2) is 47.9 Å². The molecule has 0 bridgehead atoms. The maximum absolute atomic E-state index is 12.8. The summed E-state index contributed by atoms with van der Waals surface area (Å²) in [6.07, 6.45) is 7.30. The molecular weight excluding hydrogens is 380 g/mol. The van der Waals surface area contributed by atoms with E-state index in [1.54, 1.807) is 18.3 Å². The highest BCUT2D eigenvalue weighted by atomic mass is 32.2. The van der Waals surface area contributed by atoms with Crippen molar-refractivity contribution in [2.45, 2.75) is 23.8 Å². The summed E-state index contributed by atoms with van der Waals surface area (Å²) in [5.41, 5.74) is 0.516. The maximum Gasteiger partial charge on any atom is 0.253 e. The molecule has 2 aromatic rings. The first-order chi connectivity index (χ1) is 13.6. The lowest BCUT2D eigenvalue weighted by Gasteiger charge is -2.32. The molecule has 0 N–H and O–H groups in total. The van der Waals surface area contributed by atoms with Crippen LogP contribution in [0.2, 0.25) is 0 Å². The van der Waals surface area contributed by atoms with Gasteiger partial charge in [0.1, 0.15) is 0 Å². The summed E-state index contributed by atoms with van der Waals surface area (Å²) in [4.78, 5) is 18.9. The molecule has 4 rings (SSSR count). The Morgan fingerprint density at radius 3 is 2.32 bits per heavy atom. The molecule has 2 saturated heterocycles. The molecule has 28 heavy (non-hydrogen) atoms. The number of imidazole rings is 1. The van der Waals surface area contributed by atoms with E-state index in [1.165, 1.54) is 16.4 Å². The van der Waals surface area contributed by atoms with E-state index in [2.05, 4.69) is 9.55 Å². The molecule has 2 aliphatic rings. The highest BCUT2D eigenvalue weighted by molar-refractivity contribution is 7.89. The number of morpholine rings is 1. The van der Waals surface area contributed by atoms with Gasteiger partial charge in [0.2, 0.25) is 10.0 Å². The number of piperidine rings is 1. The van der Waals surface area contributed by atoms with Gasteiger partial charge in [-0.05, 0) is 37.1 Å². The number of hydrogen-bond acceptors (Lipinski definition) is 5. The van der Waals surface area contributed by atoms with Crippen molar-refractivity contribution in [1.82, 2.24) is 18.8 Å². The van der Waals surface area contributed by atoms with Gasteiger partial charge < -0.3 is 14.2 Å². The summed E-state index contributed by atoms with van der Waals surface area (Å²) < 4.78 is 34.1. The zero-order chi connectivity index (χ0) is 19.6. The third kappa shape index (κ3) is 3.82. The Morgan fingerprint density at radius 2 is 1.71 bits per heavy atom. The van der Waals surface area contributed by atoms with E-state index in [1.807, 2.05) is 17.4 Å². The number of carbonyl (C=O) groups is 1. The van der Waals surface area contributed by atoms with Gasteiger partial charge in [-0.1, -0.05) is 0 Å². The molecule has 0 spiro atoms. The lowest BCUT2D eigenvalue weighted by atomic mass is 10.0. The fourth-order valence-electron chi connectivity index (χ4n) is 3.74. The van der Waals surface area contributed by atoms with Gasteiger partial charge in [-0.25, -0.2) is 13.4 Å². The molecule has 8 nitrogen and oxygen atoms in total. The number of likely N-dealkylation sites (tertiary alicyclic amines) is 1. The minimum absolute atomic E-state index is 0.0561. The van der Waals surface area contributed by atoms with E-state index < -0.39 is 10.0 Å². The molecule has 0 radical (unpaired) electrons. The Morgan fingerprint density at radius 1 is 1.04 bits per heavy atom. The minimum Gasteiger partial charge on any atom is -0.379 e. The molecule has 3 heterocycles. The van der Waals surface area contributed by atoms with Crippen LogP contribution in [0.4, 0.5) is 0 Å². The van der Waals surface area contributed by atoms with Crippen molar-refractivity contribution in [2.24, 2.45) is 0 Å². The largest absolute Gasteiger partial charge is 0.379 e. The monoisotopic (exact) mass is 404 g/mol. The summed E-state index contributed by atoms with van der Waals surface area (Å²) in [5.74, 6) is -0.0561. The van der Waals surface area contributed by atoms with E-state index in [9.17, 15) is 13.2 Å². The first-order valence-corrected chi connectivity index (χ1v) is 10.9. The van der Waals surface area contributed by atoms with Gasteiger partial charge in [-0.3, -0.25) is 4.79 Å². The number of rotatable bonds is 4. The van der Waals surface area contributed by atoms with Gasteiger partial charge in [0.05, 0.1) is 24.4 Å². The zero-order valence-corrected chi connectivity index (χ0v) is 16.4. The predicted octanol–water partition coefficient (Wildman–Crippen LogP) is 1.38. The van der Waals surface area contributed by atoms with Crippen LogP contribution in [0.1, 0.15) is 29.2 Å². The molecular formula is C19H24N4O4S. The molecule has 2 aliphatic heterocycles. The summed E-state index contributed by atoms with van der Waals surface area (Å²) in [5, 5.41) is 0. The number of benzene rings is 1. The number of carbonyl (C=O) groups excluding carboxylic acids is 1. The van der Waals surface area contributed by atoms with E-state index in [4.69, 9.17) is 4.74 Å². The number of aromatic nitrogens is 2. The van der Waals surface area contributed by atoms with E-state index >= 15 is 0 Å². The Balaban J connectivity index is 1.40. The highest BCUT2D eigenvalue weighted by Gasteiger charge is 2.27. The van der Waals surface area contributed by atoms with Crippen LogP contribution in [0.3, 0.4) is 0 Å². The molecule has 0 aliphatic carbocycles. The topological polar surface area (TPSA) is 84.7 Å². The second kappa shape index (κ2) is 8.02. The zero-order valence-electron chi connectivity index (χ0n) is 15.6. The Kier molecular flexibility index (Phi) is 5.47. The van der Waals surface area contributed by atoms with Crippen molar-refractivity contribution >= 4 is 15.9 Å². The highest BCUT2D eigenvalue weighted by Crippen LogP contribution is 2.24. The molecule has 1 amide bonds. The number of nitrogens with zero attached hydrogens (tertiary/aromatic N) is 4. The second-order valence-corrected chi connectivity index (χ2v) is 9.01. The second-order valence-electron chi connectivity index (χ2n) is 7.07. The van der Waals surface area contributed by atoms with Crippen molar-refractivity contribution in [3.8, 4) is 0 Å². The fourth-order valence-corrected chi connectivity index (χ4v) is 5.15. The summed E-state index contributed by atoms with van der Waals surface area (Å²) in [6, 6.07) is 6.63. The van der Waals surface area contributed by atoms with Gasteiger partial charge in [0.25, 0.3) is 5.91 Å². The van der Waals surface area contributed by atoms with Crippen LogP contribution in [0, 0.1) is 0 Å². The molecule has 1 aromatic carbocycles. The first kappa shape index (κ1) is 19.1. The Bertz CT molecular complexity index is 898. The van der Waals surface area contributed by atoms with Crippen molar-refractivity contribution < 1.29 is 17.9 Å². The molecule has 2 fully saturated rings. The molecule has 9 heteroatoms. The average molecular weight is 404 g/mol. The third-order valence-electron chi connectivity index (χ3n) is 5.41. The van der Waals surface area contributed by atoms with Crippen molar-refractivity contribution in [3.63, 3.8) is 0 Å². The normalized spacial score (nSPS) is 19.6. The van der Waals surface area contributed by atoms with E-state index in [-0.39, 0.29) is 10.8 Å². The van der Waals surface area contributed by atoms with Gasteiger partial charge in [-0.2, -0.15) is 4.31 Å². The molecule has 1 aromatic heterocycles. The third-order valence-corrected chi connectivity index (χ3v) is 7.32. The lowest BCUT2D eigenvalue weighted by Crippen LogP contribution is -2.40. The van der Waals surface area contributed by atoms with Gasteiger partial charge in [-0.15, -0.1) is 0 Å². The number of ether oxygens (including phenoxy) is 1. The standard InChI is InChI=1S/C19H24N4O4S/c24-19(21-8-5-17(6-9-21)22-10-7-20-15-22)16-1-3-18(4-2-16)28(25,26)23-11-13-27-14-12-23/h1-4,7,10,15,17H,5-6,8-9,11-14H2. The van der Waals surface area contributed by atoms with Crippen molar-refractivity contribution in [2.75, 3.05) is 39.4 Å². The first-order valence-electron chi connectivity index (χ1n) is 9.50. The van der Waals surface area contributed by atoms with E-state index in [0.29, 0.717) is 51.0 Å². The van der Waals surface area contributed by atoms with Gasteiger partial charge in [0, 0.05) is 50.2 Å². The van der Waals surface area contributed by atoms with Crippen LogP contribution in [-0.2, 0) is 14.8 Å². The Labute approximate surface area is 164 Å². The minimum atomic E-state index is -3.54. The number of amides is 1. The quantitative estimate of drug-likeness (QED) is 0.769. The van der Waals surface area contributed by atoms with Crippen LogP contribution < -0.4 is 0 Å². The molecule has 0 unspecified atom stereocenters. The van der Waals surface area contributed by atoms with E-state index in [0.717, 1.165) is 12.8 Å². The Hall–Kier alpha value is -2.23. The number of sulfonamides is 1. The fraction of sp³-hybridized carbons (Fsp3) is 0.474. The van der Waals surface area contributed by atoms with Crippen molar-refractivity contribution in [1.29, 1.82) is 0 Å². The summed E-state index contributed by atoms with van der Waals surface area (Å²) >= 11 is 0. The van der Waals surface area contributed by atoms with Crippen LogP contribution >= 0.6 is 0 Å². The average Bonchev–Trinajstić information content (AvgIpc) is 3.29. The number of hydrogen-bond donors (Lipinski definition) is 0. The van der Waals surface area contributed by atoms with Crippen LogP contribution in [0.5, 0.6) is 0 Å². The molecule has 0 atom stereocenters. The maximum atomic E-state index is 12.8. The lowest BCUT2D eigenvalue weighted by molar-refractivity contribution is 0.0694. The molecule has 150 valence electrons. The van der Waals surface area contributed by atoms with Crippen LogP contribution in [0.25, 0.3) is 0 Å². The SMILES string of the molecule is O=C(c1ccc(S(=O)(=O)N2CCOCC2)cc1)N1CCC(n2ccnc2)CC1. The molecule has 0 saturated carbocycles. The van der Waals surface area contributed by atoms with Gasteiger partial charge in [0.15, 0.2) is 0 Å².